The molecule has 0 amide bonds. The zero-order valence-corrected chi connectivity index (χ0v) is 19.7. The summed E-state index contributed by atoms with van der Waals surface area (Å²) < 4.78 is 83.4. The van der Waals surface area contributed by atoms with Crippen LogP contribution in [-0.4, -0.2) is 46.9 Å². The van der Waals surface area contributed by atoms with Crippen molar-refractivity contribution in [2.45, 2.75) is 45.5 Å². The first-order valence-corrected chi connectivity index (χ1v) is 11.5. The van der Waals surface area contributed by atoms with E-state index < -0.39 is 52.8 Å². The third kappa shape index (κ3) is 7.09. The molecule has 0 bridgehead atoms. The smallest absolute Gasteiger partial charge is 0.480 e. The third-order valence-corrected chi connectivity index (χ3v) is 5.84. The van der Waals surface area contributed by atoms with Crippen molar-refractivity contribution in [1.82, 2.24) is 4.90 Å². The van der Waals surface area contributed by atoms with Crippen molar-refractivity contribution < 1.29 is 45.8 Å². The van der Waals surface area contributed by atoms with Gasteiger partial charge in [0.2, 0.25) is 11.6 Å². The van der Waals surface area contributed by atoms with Gasteiger partial charge in [-0.15, -0.1) is 13.2 Å². The molecule has 1 atom stereocenters. The van der Waals surface area contributed by atoms with Gasteiger partial charge in [0.25, 0.3) is 0 Å². The number of hydrogen-bond acceptors (Lipinski definition) is 5. The number of ether oxygens (including phenoxy) is 1. The number of aliphatic imine (C=N–C) groups is 1. The van der Waals surface area contributed by atoms with E-state index in [2.05, 4.69) is 14.6 Å². The van der Waals surface area contributed by atoms with E-state index in [0.717, 1.165) is 37.9 Å². The van der Waals surface area contributed by atoms with Crippen LogP contribution in [0.15, 0.2) is 35.3 Å². The van der Waals surface area contributed by atoms with Gasteiger partial charge in [-0.3, -0.25) is 19.5 Å². The Balaban J connectivity index is 1.97. The lowest BCUT2D eigenvalue weighted by Gasteiger charge is -2.26. The maximum Gasteiger partial charge on any atom is 0.573 e. The topological polar surface area (TPSA) is 79.2 Å². The number of alkyl halides is 3. The highest BCUT2D eigenvalue weighted by Gasteiger charge is 2.39. The summed E-state index contributed by atoms with van der Waals surface area (Å²) in [6, 6.07) is 6.81. The summed E-state index contributed by atoms with van der Waals surface area (Å²) in [5.41, 5.74) is -0.477. The minimum atomic E-state index is -5.60. The third-order valence-electron chi connectivity index (χ3n) is 5.84. The summed E-state index contributed by atoms with van der Waals surface area (Å²) in [5, 5.41) is 9.72. The highest BCUT2D eigenvalue weighted by atomic mass is 19.4. The fraction of sp³-hybridized carbons (Fsp3) is 0.400. The second kappa shape index (κ2) is 11.8. The number of aliphatic carboxylic acids is 1. The second-order valence-electron chi connectivity index (χ2n) is 8.51. The minimum Gasteiger partial charge on any atom is -0.480 e. The SMILES string of the molecule is CCC(=Nc1cccc(CN2CCCCC2)c1)C(C(=O)O)C(=O)c1cc(F)c(F)c(OC(F)(F)F)c1F. The molecule has 1 N–H and O–H groups in total. The van der Waals surface area contributed by atoms with Crippen molar-refractivity contribution in [2.24, 2.45) is 10.9 Å². The lowest BCUT2D eigenvalue weighted by atomic mass is 9.91. The largest absolute Gasteiger partial charge is 0.573 e. The maximum absolute atomic E-state index is 14.7. The van der Waals surface area contributed by atoms with Crippen LogP contribution in [0.4, 0.5) is 32.0 Å². The van der Waals surface area contributed by atoms with E-state index in [4.69, 9.17) is 0 Å². The number of ketones is 1. The predicted molar refractivity (Wildman–Crippen MR) is 121 cm³/mol. The number of piperidine rings is 1. The van der Waals surface area contributed by atoms with Crippen molar-refractivity contribution in [2.75, 3.05) is 13.1 Å². The van der Waals surface area contributed by atoms with Gasteiger partial charge in [0, 0.05) is 12.3 Å². The van der Waals surface area contributed by atoms with Crippen LogP contribution in [-0.2, 0) is 11.3 Å². The zero-order valence-electron chi connectivity index (χ0n) is 19.7. The standard InChI is InChI=1S/C25H24F6N2O4/c1-2-18(32-15-8-6-7-14(11-15)13-33-9-4-3-5-10-33)19(24(35)36)22(34)16-12-17(26)21(28)23(20(16)27)37-25(29,30)31/h6-8,11-12,19H,2-5,9-10,13H2,1H3,(H,35,36). The van der Waals surface area contributed by atoms with Crippen LogP contribution >= 0.6 is 0 Å². The maximum atomic E-state index is 14.7. The molecule has 2 aromatic rings. The number of carbonyl (C=O) groups is 2. The first-order valence-electron chi connectivity index (χ1n) is 11.5. The molecule has 0 radical (unpaired) electrons. The number of carboxylic acid groups (broad SMARTS) is 1. The minimum absolute atomic E-state index is 0.00129. The highest BCUT2D eigenvalue weighted by molar-refractivity contribution is 6.24. The molecule has 200 valence electrons. The monoisotopic (exact) mass is 530 g/mol. The lowest BCUT2D eigenvalue weighted by Crippen LogP contribution is -2.32. The zero-order chi connectivity index (χ0) is 27.3. The van der Waals surface area contributed by atoms with Crippen LogP contribution in [0.25, 0.3) is 0 Å². The van der Waals surface area contributed by atoms with E-state index in [1.165, 1.54) is 6.92 Å². The predicted octanol–water partition coefficient (Wildman–Crippen LogP) is 6.05. The van der Waals surface area contributed by atoms with Crippen LogP contribution in [0.2, 0.25) is 0 Å². The number of carboxylic acids is 1. The van der Waals surface area contributed by atoms with Gasteiger partial charge in [0.1, 0.15) is 0 Å². The van der Waals surface area contributed by atoms with Gasteiger partial charge in [0.15, 0.2) is 23.3 Å². The van der Waals surface area contributed by atoms with Gasteiger partial charge < -0.3 is 9.84 Å². The Morgan fingerprint density at radius 1 is 1.08 bits per heavy atom. The Morgan fingerprint density at radius 3 is 2.35 bits per heavy atom. The van der Waals surface area contributed by atoms with E-state index >= 15 is 0 Å². The number of halogens is 6. The van der Waals surface area contributed by atoms with Gasteiger partial charge in [-0.1, -0.05) is 25.5 Å². The van der Waals surface area contributed by atoms with Crippen LogP contribution in [0.3, 0.4) is 0 Å². The molecule has 3 rings (SSSR count). The summed E-state index contributed by atoms with van der Waals surface area (Å²) in [7, 11) is 0. The summed E-state index contributed by atoms with van der Waals surface area (Å²) in [6.45, 7) is 3.97. The van der Waals surface area contributed by atoms with Crippen molar-refractivity contribution in [1.29, 1.82) is 0 Å². The molecule has 1 aliphatic heterocycles. The fourth-order valence-corrected chi connectivity index (χ4v) is 4.14. The molecule has 0 aliphatic carbocycles. The summed E-state index contributed by atoms with van der Waals surface area (Å²) >= 11 is 0. The van der Waals surface area contributed by atoms with E-state index in [9.17, 15) is 41.0 Å². The molecule has 1 saturated heterocycles. The molecular weight excluding hydrogens is 506 g/mol. The number of rotatable bonds is 9. The molecule has 0 spiro atoms. The van der Waals surface area contributed by atoms with E-state index in [0.29, 0.717) is 12.2 Å². The average molecular weight is 530 g/mol. The molecule has 0 saturated carbocycles. The Bertz CT molecular complexity index is 1190. The van der Waals surface area contributed by atoms with Gasteiger partial charge in [-0.2, -0.15) is 4.39 Å². The number of hydrogen-bond donors (Lipinski definition) is 1. The van der Waals surface area contributed by atoms with Crippen LogP contribution in [0.5, 0.6) is 5.75 Å². The quantitative estimate of drug-likeness (QED) is 0.140. The molecule has 1 unspecified atom stereocenters. The number of Topliss-reactive ketones (excluding diaryl/α,β-unsaturated/α-hetero) is 1. The molecule has 2 aromatic carbocycles. The molecule has 37 heavy (non-hydrogen) atoms. The number of likely N-dealkylation sites (tertiary alicyclic amines) is 1. The first-order chi connectivity index (χ1) is 17.4. The van der Waals surface area contributed by atoms with Crippen molar-refractivity contribution in [3.05, 3.63) is 58.9 Å². The van der Waals surface area contributed by atoms with Gasteiger partial charge in [-0.25, -0.2) is 8.78 Å². The van der Waals surface area contributed by atoms with Crippen molar-refractivity contribution in [3.8, 4) is 5.75 Å². The number of carbonyl (C=O) groups excluding carboxylic acids is 1. The van der Waals surface area contributed by atoms with Crippen molar-refractivity contribution in [3.63, 3.8) is 0 Å². The molecule has 12 heteroatoms. The van der Waals surface area contributed by atoms with Crippen molar-refractivity contribution >= 4 is 23.2 Å². The summed E-state index contributed by atoms with van der Waals surface area (Å²) in [6.07, 6.45) is -2.39. The number of benzene rings is 2. The fourth-order valence-electron chi connectivity index (χ4n) is 4.14. The van der Waals surface area contributed by atoms with Gasteiger partial charge >= 0.3 is 12.3 Å². The lowest BCUT2D eigenvalue weighted by molar-refractivity contribution is -0.276. The van der Waals surface area contributed by atoms with Gasteiger partial charge in [0.05, 0.1) is 11.3 Å². The Kier molecular flexibility index (Phi) is 8.95. The Hall–Kier alpha value is -3.41. The summed E-state index contributed by atoms with van der Waals surface area (Å²) in [5.74, 6) is -14.3. The number of nitrogens with zero attached hydrogens (tertiary/aromatic N) is 2. The van der Waals surface area contributed by atoms with E-state index in [-0.39, 0.29) is 18.2 Å². The first kappa shape index (κ1) is 28.2. The molecule has 6 nitrogen and oxygen atoms in total. The molecule has 1 heterocycles. The van der Waals surface area contributed by atoms with Crippen LogP contribution in [0, 0.1) is 23.4 Å². The average Bonchev–Trinajstić information content (AvgIpc) is 2.83. The van der Waals surface area contributed by atoms with E-state index in [1.54, 1.807) is 18.2 Å². The second-order valence-corrected chi connectivity index (χ2v) is 8.51. The van der Waals surface area contributed by atoms with Crippen LogP contribution < -0.4 is 4.74 Å². The van der Waals surface area contributed by atoms with E-state index in [1.807, 2.05) is 6.07 Å². The Labute approximate surface area is 208 Å². The molecular formula is C25H24F6N2O4. The highest BCUT2D eigenvalue weighted by Crippen LogP contribution is 2.33. The molecule has 0 aromatic heterocycles. The van der Waals surface area contributed by atoms with Gasteiger partial charge in [-0.05, 0) is 56.1 Å². The molecule has 1 fully saturated rings. The summed E-state index contributed by atoms with van der Waals surface area (Å²) in [4.78, 5) is 31.5. The Morgan fingerprint density at radius 2 is 1.76 bits per heavy atom. The normalized spacial score (nSPS) is 15.9. The molecule has 1 aliphatic rings. The van der Waals surface area contributed by atoms with Crippen LogP contribution in [0.1, 0.15) is 48.5 Å².